The Balaban J connectivity index is 1.69. The predicted octanol–water partition coefficient (Wildman–Crippen LogP) is 2.59. The summed E-state index contributed by atoms with van der Waals surface area (Å²) in [6.07, 6.45) is 6.22. The molecule has 2 aromatic heterocycles. The van der Waals surface area contributed by atoms with Crippen LogP contribution in [-0.2, 0) is 0 Å². The molecule has 12 heteroatoms. The highest BCUT2D eigenvalue weighted by Gasteiger charge is 2.25. The van der Waals surface area contributed by atoms with E-state index in [1.807, 2.05) is 18.9 Å². The van der Waals surface area contributed by atoms with Gasteiger partial charge in [-0.2, -0.15) is 10.1 Å². The van der Waals surface area contributed by atoms with E-state index in [0.717, 1.165) is 31.6 Å². The molecule has 4 rings (SSSR count). The SMILES string of the molecule is COc1cc(N2CCCN(C)CC2)c([N+](=O)[O-])cc1Nc1ncc(C)c(-n2cc(C=O)cn2)n1. The number of anilines is 3. The first kappa shape index (κ1) is 23.1. The standard InChI is InChI=1S/C22H26N8O4/c1-15-11-23-22(26-21(15)29-13-16(14-31)12-24-29)25-17-9-19(30(32)33)18(10-20(17)34-3)28-6-4-5-27(2)7-8-28/h9-14H,4-8H2,1-3H3,(H,23,25,26). The Kier molecular flexibility index (Phi) is 6.68. The Morgan fingerprint density at radius 1 is 1.21 bits per heavy atom. The number of hydrogen-bond donors (Lipinski definition) is 1. The number of methoxy groups -OCH3 is 1. The lowest BCUT2D eigenvalue weighted by Gasteiger charge is -2.24. The Bertz CT molecular complexity index is 1210. The molecule has 34 heavy (non-hydrogen) atoms. The van der Waals surface area contributed by atoms with Crippen molar-refractivity contribution in [3.63, 3.8) is 0 Å². The summed E-state index contributed by atoms with van der Waals surface area (Å²) >= 11 is 0. The van der Waals surface area contributed by atoms with Crippen molar-refractivity contribution in [3.05, 3.63) is 52.0 Å². The van der Waals surface area contributed by atoms with Crippen LogP contribution in [-0.4, -0.2) is 76.2 Å². The molecule has 1 aromatic carbocycles. The Labute approximate surface area is 196 Å². The van der Waals surface area contributed by atoms with Crippen molar-refractivity contribution in [2.24, 2.45) is 0 Å². The van der Waals surface area contributed by atoms with Gasteiger partial charge in [0.1, 0.15) is 11.4 Å². The van der Waals surface area contributed by atoms with Crippen molar-refractivity contribution in [3.8, 4) is 11.6 Å². The maximum Gasteiger partial charge on any atom is 0.294 e. The first-order chi connectivity index (χ1) is 16.4. The highest BCUT2D eigenvalue weighted by Crippen LogP contribution is 2.39. The largest absolute Gasteiger partial charge is 0.494 e. The van der Waals surface area contributed by atoms with Gasteiger partial charge in [-0.1, -0.05) is 0 Å². The van der Waals surface area contributed by atoms with E-state index >= 15 is 0 Å². The molecule has 0 unspecified atom stereocenters. The molecule has 0 bridgehead atoms. The Hall–Kier alpha value is -4.06. The summed E-state index contributed by atoms with van der Waals surface area (Å²) in [5.74, 6) is 1.12. The van der Waals surface area contributed by atoms with Crippen molar-refractivity contribution in [1.29, 1.82) is 0 Å². The van der Waals surface area contributed by atoms with Gasteiger partial charge in [0, 0.05) is 49.7 Å². The zero-order valence-corrected chi connectivity index (χ0v) is 19.3. The van der Waals surface area contributed by atoms with Crippen LogP contribution in [0.2, 0.25) is 0 Å². The number of carbonyl (C=O) groups is 1. The molecule has 1 aliphatic rings. The van der Waals surface area contributed by atoms with Gasteiger partial charge in [0.2, 0.25) is 5.95 Å². The lowest BCUT2D eigenvalue weighted by Crippen LogP contribution is -2.29. The molecule has 1 N–H and O–H groups in total. The number of benzene rings is 1. The fourth-order valence-electron chi connectivity index (χ4n) is 3.87. The van der Waals surface area contributed by atoms with E-state index in [-0.39, 0.29) is 16.6 Å². The summed E-state index contributed by atoms with van der Waals surface area (Å²) in [5, 5.41) is 19.2. The van der Waals surface area contributed by atoms with Gasteiger partial charge in [0.05, 0.1) is 29.5 Å². The number of nitrogens with zero attached hydrogens (tertiary/aromatic N) is 7. The van der Waals surface area contributed by atoms with Gasteiger partial charge >= 0.3 is 0 Å². The Morgan fingerprint density at radius 2 is 2.03 bits per heavy atom. The van der Waals surface area contributed by atoms with Crippen LogP contribution in [0.25, 0.3) is 5.82 Å². The van der Waals surface area contributed by atoms with Crippen LogP contribution in [0.3, 0.4) is 0 Å². The molecule has 0 atom stereocenters. The molecule has 12 nitrogen and oxygen atoms in total. The third-order valence-electron chi connectivity index (χ3n) is 5.70. The van der Waals surface area contributed by atoms with Crippen LogP contribution in [0.1, 0.15) is 22.3 Å². The first-order valence-corrected chi connectivity index (χ1v) is 10.8. The van der Waals surface area contributed by atoms with E-state index in [9.17, 15) is 14.9 Å². The van der Waals surface area contributed by atoms with Crippen LogP contribution >= 0.6 is 0 Å². The van der Waals surface area contributed by atoms with Crippen molar-refractivity contribution < 1.29 is 14.5 Å². The maximum absolute atomic E-state index is 12.0. The highest BCUT2D eigenvalue weighted by atomic mass is 16.6. The number of nitro groups is 1. The minimum absolute atomic E-state index is 0.0251. The summed E-state index contributed by atoms with van der Waals surface area (Å²) in [7, 11) is 3.56. The van der Waals surface area contributed by atoms with Crippen molar-refractivity contribution >= 4 is 29.3 Å². The van der Waals surface area contributed by atoms with E-state index in [1.54, 1.807) is 18.5 Å². The quantitative estimate of drug-likeness (QED) is 0.315. The molecular formula is C22H26N8O4. The van der Waals surface area contributed by atoms with Crippen LogP contribution < -0.4 is 15.0 Å². The van der Waals surface area contributed by atoms with Gasteiger partial charge < -0.3 is 19.9 Å². The van der Waals surface area contributed by atoms with Crippen molar-refractivity contribution in [2.75, 3.05) is 50.6 Å². The average molecular weight is 467 g/mol. The molecule has 1 aliphatic heterocycles. The zero-order valence-electron chi connectivity index (χ0n) is 19.3. The molecular weight excluding hydrogens is 440 g/mol. The normalized spacial score (nSPS) is 14.5. The summed E-state index contributed by atoms with van der Waals surface area (Å²) in [5.41, 5.74) is 2.02. The molecule has 1 saturated heterocycles. The number of aryl methyl sites for hydroxylation is 1. The minimum atomic E-state index is -0.388. The van der Waals surface area contributed by atoms with E-state index in [4.69, 9.17) is 4.74 Å². The topological polar surface area (TPSA) is 132 Å². The maximum atomic E-state index is 12.0. The van der Waals surface area contributed by atoms with E-state index in [2.05, 4.69) is 25.3 Å². The van der Waals surface area contributed by atoms with Crippen molar-refractivity contribution in [1.82, 2.24) is 24.6 Å². The van der Waals surface area contributed by atoms with Gasteiger partial charge in [0.25, 0.3) is 5.69 Å². The van der Waals surface area contributed by atoms with E-state index in [1.165, 1.54) is 24.1 Å². The van der Waals surface area contributed by atoms with Crippen molar-refractivity contribution in [2.45, 2.75) is 13.3 Å². The number of ether oxygens (including phenoxy) is 1. The second-order valence-corrected chi connectivity index (χ2v) is 8.10. The molecule has 178 valence electrons. The fourth-order valence-corrected chi connectivity index (χ4v) is 3.87. The zero-order chi connectivity index (χ0) is 24.2. The van der Waals surface area contributed by atoms with Gasteiger partial charge in [-0.25, -0.2) is 9.67 Å². The number of carbonyl (C=O) groups excluding carboxylic acids is 1. The number of aldehydes is 1. The van der Waals surface area contributed by atoms with Gasteiger partial charge in [-0.15, -0.1) is 0 Å². The second-order valence-electron chi connectivity index (χ2n) is 8.10. The third-order valence-corrected chi connectivity index (χ3v) is 5.70. The summed E-state index contributed by atoms with van der Waals surface area (Å²) in [6, 6.07) is 3.13. The average Bonchev–Trinajstić information content (AvgIpc) is 3.21. The Morgan fingerprint density at radius 3 is 2.74 bits per heavy atom. The monoisotopic (exact) mass is 466 g/mol. The minimum Gasteiger partial charge on any atom is -0.494 e. The molecule has 3 heterocycles. The van der Waals surface area contributed by atoms with Gasteiger partial charge in [-0.3, -0.25) is 14.9 Å². The second kappa shape index (κ2) is 9.83. The fraction of sp³-hybridized carbons (Fsp3) is 0.364. The third kappa shape index (κ3) is 4.81. The van der Waals surface area contributed by atoms with Gasteiger partial charge in [-0.05, 0) is 26.9 Å². The van der Waals surface area contributed by atoms with Crippen LogP contribution in [0.5, 0.6) is 5.75 Å². The summed E-state index contributed by atoms with van der Waals surface area (Å²) < 4.78 is 7.04. The molecule has 0 aliphatic carbocycles. The van der Waals surface area contributed by atoms with Crippen LogP contribution in [0, 0.1) is 17.0 Å². The summed E-state index contributed by atoms with van der Waals surface area (Å²) in [6.45, 7) is 4.99. The lowest BCUT2D eigenvalue weighted by molar-refractivity contribution is -0.384. The predicted molar refractivity (Wildman–Crippen MR) is 127 cm³/mol. The van der Waals surface area contributed by atoms with E-state index < -0.39 is 0 Å². The lowest BCUT2D eigenvalue weighted by atomic mass is 10.2. The summed E-state index contributed by atoms with van der Waals surface area (Å²) in [4.78, 5) is 35.6. The molecule has 0 spiro atoms. The van der Waals surface area contributed by atoms with Gasteiger partial charge in [0.15, 0.2) is 12.1 Å². The number of aromatic nitrogens is 4. The number of rotatable bonds is 7. The smallest absolute Gasteiger partial charge is 0.294 e. The number of nitro benzene ring substituents is 1. The molecule has 0 saturated carbocycles. The highest BCUT2D eigenvalue weighted by molar-refractivity contribution is 5.77. The first-order valence-electron chi connectivity index (χ1n) is 10.8. The molecule has 3 aromatic rings. The van der Waals surface area contributed by atoms with Crippen LogP contribution in [0.4, 0.5) is 23.0 Å². The molecule has 0 amide bonds. The van der Waals surface area contributed by atoms with E-state index in [0.29, 0.717) is 41.3 Å². The molecule has 0 radical (unpaired) electrons. The van der Waals surface area contributed by atoms with Crippen LogP contribution in [0.15, 0.2) is 30.7 Å². The number of likely N-dealkylation sites (N-methyl/N-ethyl adjacent to an activating group) is 1. The number of nitrogens with one attached hydrogen (secondary N) is 1. The molecule has 1 fully saturated rings. The number of hydrogen-bond acceptors (Lipinski definition) is 10.